The first-order valence-corrected chi connectivity index (χ1v) is 5.47. The Hall–Kier alpha value is -1.42. The van der Waals surface area contributed by atoms with Gasteiger partial charge in [0.25, 0.3) is 0 Å². The summed E-state index contributed by atoms with van der Waals surface area (Å²) in [5.41, 5.74) is 0. The number of ether oxygens (including phenoxy) is 2. The third kappa shape index (κ3) is 4.40. The van der Waals surface area contributed by atoms with Crippen molar-refractivity contribution in [2.24, 2.45) is 0 Å². The third-order valence-electron chi connectivity index (χ3n) is 1.58. The number of esters is 1. The molecule has 0 radical (unpaired) electrons. The van der Waals surface area contributed by atoms with E-state index < -0.39 is 5.97 Å². The monoisotopic (exact) mass is 332 g/mol. The molecule has 0 fully saturated rings. The number of benzene rings is 1. The van der Waals surface area contributed by atoms with Crippen LogP contribution in [0.1, 0.15) is 0 Å². The fraction of sp³-hybridized carbons (Fsp3) is 0.182. The van der Waals surface area contributed by atoms with E-state index in [9.17, 15) is 9.90 Å². The number of aromatic hydroxyl groups is 1. The molecule has 1 N–H and O–H groups in total. The molecule has 4 nitrogen and oxygen atoms in total. The van der Waals surface area contributed by atoms with E-state index in [1.54, 1.807) is 18.2 Å². The van der Waals surface area contributed by atoms with Gasteiger partial charge < -0.3 is 14.6 Å². The van der Waals surface area contributed by atoms with Crippen LogP contribution in [0, 0.1) is 9.85 Å². The van der Waals surface area contributed by atoms with E-state index in [4.69, 9.17) is 9.47 Å². The standard InChI is InChI=1S/C11H9IO4/c12-6-3-7-15-11(14)8-16-10-5-2-1-4-9(10)13/h1-2,4-5,13H,7-8H2. The Bertz CT molecular complexity index is 419. The molecule has 0 saturated heterocycles. The lowest BCUT2D eigenvalue weighted by molar-refractivity contribution is -0.144. The maximum Gasteiger partial charge on any atom is 0.345 e. The third-order valence-corrected chi connectivity index (χ3v) is 1.96. The van der Waals surface area contributed by atoms with Crippen LogP contribution in [0.5, 0.6) is 11.5 Å². The number of phenolic OH excluding ortho intramolecular Hbond substituents is 1. The summed E-state index contributed by atoms with van der Waals surface area (Å²) in [6.07, 6.45) is 0. The highest BCUT2D eigenvalue weighted by atomic mass is 127. The Balaban J connectivity index is 2.36. The van der Waals surface area contributed by atoms with Gasteiger partial charge in [-0.25, -0.2) is 4.79 Å². The van der Waals surface area contributed by atoms with E-state index in [1.807, 2.05) is 22.6 Å². The van der Waals surface area contributed by atoms with Crippen molar-refractivity contribution in [1.29, 1.82) is 0 Å². The number of para-hydroxylation sites is 2. The van der Waals surface area contributed by atoms with Crippen molar-refractivity contribution in [2.75, 3.05) is 13.2 Å². The van der Waals surface area contributed by atoms with Crippen molar-refractivity contribution < 1.29 is 19.4 Å². The van der Waals surface area contributed by atoms with Crippen LogP contribution >= 0.6 is 22.6 Å². The predicted molar refractivity (Wildman–Crippen MR) is 66.4 cm³/mol. The van der Waals surface area contributed by atoms with Crippen LogP contribution in [0.2, 0.25) is 0 Å². The molecule has 1 rings (SSSR count). The highest BCUT2D eigenvalue weighted by Crippen LogP contribution is 2.23. The first-order valence-electron chi connectivity index (χ1n) is 4.39. The lowest BCUT2D eigenvalue weighted by atomic mass is 10.3. The van der Waals surface area contributed by atoms with Crippen LogP contribution < -0.4 is 4.74 Å². The Morgan fingerprint density at radius 2 is 2.19 bits per heavy atom. The zero-order chi connectivity index (χ0) is 11.8. The SMILES string of the molecule is O=C(COc1ccccc1O)OCC#CI. The van der Waals surface area contributed by atoms with E-state index >= 15 is 0 Å². The van der Waals surface area contributed by atoms with Gasteiger partial charge in [0.2, 0.25) is 0 Å². The summed E-state index contributed by atoms with van der Waals surface area (Å²) in [5.74, 6) is 2.29. The van der Waals surface area contributed by atoms with E-state index in [1.165, 1.54) is 6.07 Å². The van der Waals surface area contributed by atoms with Gasteiger partial charge in [0, 0.05) is 22.6 Å². The molecule has 0 heterocycles. The molecule has 0 saturated carbocycles. The number of carbonyl (C=O) groups is 1. The minimum atomic E-state index is -0.526. The van der Waals surface area contributed by atoms with Gasteiger partial charge in [-0.05, 0) is 16.1 Å². The molecule has 0 spiro atoms. The van der Waals surface area contributed by atoms with E-state index in [0.717, 1.165) is 0 Å². The average Bonchev–Trinajstić information content (AvgIpc) is 2.28. The normalized spacial score (nSPS) is 8.81. The quantitative estimate of drug-likeness (QED) is 0.518. The first kappa shape index (κ1) is 12.6. The molecular weight excluding hydrogens is 323 g/mol. The second-order valence-corrected chi connectivity index (χ2v) is 3.23. The van der Waals surface area contributed by atoms with Crippen LogP contribution in [-0.2, 0) is 9.53 Å². The molecule has 0 aliphatic heterocycles. The highest BCUT2D eigenvalue weighted by Gasteiger charge is 2.05. The van der Waals surface area contributed by atoms with Crippen molar-refractivity contribution in [3.8, 4) is 21.3 Å². The van der Waals surface area contributed by atoms with Gasteiger partial charge in [-0.15, -0.1) is 0 Å². The molecule has 1 aromatic rings. The van der Waals surface area contributed by atoms with Crippen LogP contribution in [0.3, 0.4) is 0 Å². The molecule has 0 aliphatic carbocycles. The van der Waals surface area contributed by atoms with Crippen molar-refractivity contribution in [3.05, 3.63) is 24.3 Å². The number of halogens is 1. The van der Waals surface area contributed by atoms with Crippen LogP contribution in [-0.4, -0.2) is 24.3 Å². The molecule has 16 heavy (non-hydrogen) atoms. The van der Waals surface area contributed by atoms with E-state index in [-0.39, 0.29) is 24.7 Å². The number of carbonyl (C=O) groups excluding carboxylic acids is 1. The lowest BCUT2D eigenvalue weighted by Crippen LogP contribution is -2.14. The molecule has 0 atom stereocenters. The van der Waals surface area contributed by atoms with Crippen LogP contribution in [0.25, 0.3) is 0 Å². The second-order valence-electron chi connectivity index (χ2n) is 2.69. The fourth-order valence-corrected chi connectivity index (χ4v) is 1.06. The smallest absolute Gasteiger partial charge is 0.345 e. The summed E-state index contributed by atoms with van der Waals surface area (Å²) in [7, 11) is 0. The molecule has 5 heteroatoms. The molecule has 1 aromatic carbocycles. The maximum absolute atomic E-state index is 11.1. The van der Waals surface area contributed by atoms with Gasteiger partial charge >= 0.3 is 5.97 Å². The lowest BCUT2D eigenvalue weighted by Gasteiger charge is -2.06. The molecule has 0 bridgehead atoms. The zero-order valence-electron chi connectivity index (χ0n) is 8.27. The molecular formula is C11H9IO4. The fourth-order valence-electron chi connectivity index (χ4n) is 0.901. The van der Waals surface area contributed by atoms with Crippen molar-refractivity contribution >= 4 is 28.6 Å². The predicted octanol–water partition coefficient (Wildman–Crippen LogP) is 1.71. The summed E-state index contributed by atoms with van der Waals surface area (Å²) >= 11 is 1.85. The maximum atomic E-state index is 11.1. The van der Waals surface area contributed by atoms with Gasteiger partial charge in [0.1, 0.15) is 0 Å². The second kappa shape index (κ2) is 6.95. The summed E-state index contributed by atoms with van der Waals surface area (Å²) < 4.78 is 12.3. The Kier molecular flexibility index (Phi) is 5.50. The Morgan fingerprint density at radius 1 is 1.44 bits per heavy atom. The number of hydrogen-bond acceptors (Lipinski definition) is 4. The molecule has 0 aliphatic rings. The van der Waals surface area contributed by atoms with Gasteiger partial charge in [-0.3, -0.25) is 0 Å². The highest BCUT2D eigenvalue weighted by molar-refractivity contribution is 14.1. The Labute approximate surface area is 107 Å². The largest absolute Gasteiger partial charge is 0.504 e. The molecule has 0 aromatic heterocycles. The summed E-state index contributed by atoms with van der Waals surface area (Å²) in [6.45, 7) is -0.202. The molecule has 84 valence electrons. The minimum Gasteiger partial charge on any atom is -0.504 e. The van der Waals surface area contributed by atoms with E-state index in [0.29, 0.717) is 0 Å². The van der Waals surface area contributed by atoms with Crippen LogP contribution in [0.15, 0.2) is 24.3 Å². The number of hydrogen-bond donors (Lipinski definition) is 1. The number of phenols is 1. The topological polar surface area (TPSA) is 55.8 Å². The van der Waals surface area contributed by atoms with Gasteiger partial charge in [0.15, 0.2) is 24.7 Å². The van der Waals surface area contributed by atoms with Crippen molar-refractivity contribution in [2.45, 2.75) is 0 Å². The molecule has 0 unspecified atom stereocenters. The zero-order valence-corrected chi connectivity index (χ0v) is 10.4. The summed E-state index contributed by atoms with van der Waals surface area (Å²) in [4.78, 5) is 11.1. The van der Waals surface area contributed by atoms with Gasteiger partial charge in [-0.1, -0.05) is 18.1 Å². The van der Waals surface area contributed by atoms with E-state index in [2.05, 4.69) is 9.85 Å². The summed E-state index contributed by atoms with van der Waals surface area (Å²) in [5, 5.41) is 9.34. The number of rotatable bonds is 4. The van der Waals surface area contributed by atoms with Gasteiger partial charge in [-0.2, -0.15) is 0 Å². The minimum absolute atomic E-state index is 0.0117. The average molecular weight is 332 g/mol. The Morgan fingerprint density at radius 3 is 2.88 bits per heavy atom. The van der Waals surface area contributed by atoms with Crippen LogP contribution in [0.4, 0.5) is 0 Å². The van der Waals surface area contributed by atoms with Crippen molar-refractivity contribution in [3.63, 3.8) is 0 Å². The molecule has 0 amide bonds. The summed E-state index contributed by atoms with van der Waals surface area (Å²) in [6, 6.07) is 6.40. The van der Waals surface area contributed by atoms with Gasteiger partial charge in [0.05, 0.1) is 0 Å². The van der Waals surface area contributed by atoms with Crippen molar-refractivity contribution in [1.82, 2.24) is 0 Å². The first-order chi connectivity index (χ1) is 7.74.